The number of amides is 1. The van der Waals surface area contributed by atoms with Gasteiger partial charge in [-0.3, -0.25) is 4.68 Å². The molecule has 20 heavy (non-hydrogen) atoms. The molecule has 0 aliphatic carbocycles. The molecule has 0 aliphatic rings. The van der Waals surface area contributed by atoms with Crippen LogP contribution in [-0.4, -0.2) is 41.1 Å². The average molecular weight is 283 g/mol. The highest BCUT2D eigenvalue weighted by molar-refractivity contribution is 5.87. The van der Waals surface area contributed by atoms with Gasteiger partial charge in [0, 0.05) is 12.2 Å². The van der Waals surface area contributed by atoms with Crippen molar-refractivity contribution in [1.29, 1.82) is 0 Å². The van der Waals surface area contributed by atoms with Gasteiger partial charge in [0.25, 0.3) is 0 Å². The molecule has 0 radical (unpaired) electrons. The van der Waals surface area contributed by atoms with Crippen LogP contribution in [0.1, 0.15) is 37.0 Å². The van der Waals surface area contributed by atoms with Crippen LogP contribution in [0.15, 0.2) is 6.07 Å². The predicted octanol–water partition coefficient (Wildman–Crippen LogP) is 1.50. The largest absolute Gasteiger partial charge is 0.464 e. The van der Waals surface area contributed by atoms with Crippen molar-refractivity contribution in [2.75, 3.05) is 13.7 Å². The van der Waals surface area contributed by atoms with Crippen LogP contribution in [-0.2, 0) is 16.0 Å². The van der Waals surface area contributed by atoms with E-state index >= 15 is 0 Å². The molecule has 0 aliphatic heterocycles. The standard InChI is InChI=1S/C13H21N3O4/c1-9-8-10(11(17)19-5)15-16(9)7-6-14-12(18)20-13(2,3)4/h8H,6-7H2,1-5H3,(H,14,18). The van der Waals surface area contributed by atoms with Crippen molar-refractivity contribution >= 4 is 12.1 Å². The van der Waals surface area contributed by atoms with Crippen LogP contribution < -0.4 is 5.32 Å². The molecule has 1 rings (SSSR count). The third kappa shape index (κ3) is 4.91. The van der Waals surface area contributed by atoms with Crippen LogP contribution in [0.5, 0.6) is 0 Å². The minimum Gasteiger partial charge on any atom is -0.464 e. The predicted molar refractivity (Wildman–Crippen MR) is 72.5 cm³/mol. The van der Waals surface area contributed by atoms with Crippen molar-refractivity contribution in [2.24, 2.45) is 0 Å². The first-order valence-electron chi connectivity index (χ1n) is 6.32. The van der Waals surface area contributed by atoms with Gasteiger partial charge in [-0.05, 0) is 33.8 Å². The number of rotatable bonds is 4. The lowest BCUT2D eigenvalue weighted by molar-refractivity contribution is 0.0522. The molecule has 0 unspecified atom stereocenters. The number of alkyl carbamates (subject to hydrolysis) is 1. The van der Waals surface area contributed by atoms with Crippen LogP contribution >= 0.6 is 0 Å². The fourth-order valence-electron chi connectivity index (χ4n) is 1.52. The van der Waals surface area contributed by atoms with Gasteiger partial charge in [-0.15, -0.1) is 0 Å². The molecule has 0 atom stereocenters. The summed E-state index contributed by atoms with van der Waals surface area (Å²) in [5.74, 6) is -0.480. The summed E-state index contributed by atoms with van der Waals surface area (Å²) >= 11 is 0. The molecule has 7 heteroatoms. The molecule has 1 aromatic rings. The Bertz CT molecular complexity index is 488. The van der Waals surface area contributed by atoms with Gasteiger partial charge in [0.15, 0.2) is 5.69 Å². The van der Waals surface area contributed by atoms with E-state index in [0.717, 1.165) is 5.69 Å². The van der Waals surface area contributed by atoms with Crippen molar-refractivity contribution in [1.82, 2.24) is 15.1 Å². The highest BCUT2D eigenvalue weighted by Gasteiger charge is 2.16. The smallest absolute Gasteiger partial charge is 0.407 e. The second-order valence-electron chi connectivity index (χ2n) is 5.31. The number of methoxy groups -OCH3 is 1. The van der Waals surface area contributed by atoms with E-state index in [2.05, 4.69) is 15.2 Å². The number of aryl methyl sites for hydroxylation is 1. The number of esters is 1. The maximum atomic E-state index is 11.5. The third-order valence-electron chi connectivity index (χ3n) is 2.37. The molecule has 0 spiro atoms. The lowest BCUT2D eigenvalue weighted by Crippen LogP contribution is -2.34. The minimum absolute atomic E-state index is 0.252. The maximum absolute atomic E-state index is 11.5. The molecule has 1 heterocycles. The monoisotopic (exact) mass is 283 g/mol. The molecule has 1 N–H and O–H groups in total. The van der Waals surface area contributed by atoms with Gasteiger partial charge in [0.05, 0.1) is 13.7 Å². The summed E-state index contributed by atoms with van der Waals surface area (Å²) in [7, 11) is 1.31. The maximum Gasteiger partial charge on any atom is 0.407 e. The van der Waals surface area contributed by atoms with E-state index in [1.165, 1.54) is 7.11 Å². The van der Waals surface area contributed by atoms with Crippen LogP contribution in [0.4, 0.5) is 4.79 Å². The van der Waals surface area contributed by atoms with Gasteiger partial charge in [0.1, 0.15) is 5.60 Å². The van der Waals surface area contributed by atoms with E-state index in [9.17, 15) is 9.59 Å². The van der Waals surface area contributed by atoms with Gasteiger partial charge in [-0.1, -0.05) is 0 Å². The number of nitrogens with one attached hydrogen (secondary N) is 1. The summed E-state index contributed by atoms with van der Waals surface area (Å²) in [5, 5.41) is 6.73. The van der Waals surface area contributed by atoms with Gasteiger partial charge < -0.3 is 14.8 Å². The summed E-state index contributed by atoms with van der Waals surface area (Å²) in [6.07, 6.45) is -0.476. The van der Waals surface area contributed by atoms with E-state index in [1.54, 1.807) is 31.5 Å². The summed E-state index contributed by atoms with van der Waals surface area (Å²) in [6.45, 7) is 8.03. The number of carbonyl (C=O) groups excluding carboxylic acids is 2. The molecule has 7 nitrogen and oxygen atoms in total. The first-order chi connectivity index (χ1) is 9.23. The summed E-state index contributed by atoms with van der Waals surface area (Å²) < 4.78 is 11.3. The number of aromatic nitrogens is 2. The van der Waals surface area contributed by atoms with Crippen molar-refractivity contribution in [3.05, 3.63) is 17.5 Å². The molecule has 0 aromatic carbocycles. The molecule has 0 saturated heterocycles. The van der Waals surface area contributed by atoms with Crippen LogP contribution in [0.25, 0.3) is 0 Å². The zero-order valence-corrected chi connectivity index (χ0v) is 12.5. The normalized spacial score (nSPS) is 11.1. The van der Waals surface area contributed by atoms with Crippen molar-refractivity contribution < 1.29 is 19.1 Å². The molecule has 0 fully saturated rings. The Balaban J connectivity index is 2.48. The fraction of sp³-hybridized carbons (Fsp3) is 0.615. The molecule has 112 valence electrons. The van der Waals surface area contributed by atoms with Crippen LogP contribution in [0, 0.1) is 6.92 Å². The molecular formula is C13H21N3O4. The van der Waals surface area contributed by atoms with E-state index in [0.29, 0.717) is 13.1 Å². The zero-order chi connectivity index (χ0) is 15.3. The lowest BCUT2D eigenvalue weighted by Gasteiger charge is -2.19. The SMILES string of the molecule is COC(=O)c1cc(C)n(CCNC(=O)OC(C)(C)C)n1. The Morgan fingerprint density at radius 1 is 1.40 bits per heavy atom. The first kappa shape index (κ1) is 16.0. The van der Waals surface area contributed by atoms with Gasteiger partial charge >= 0.3 is 12.1 Å². The van der Waals surface area contributed by atoms with Crippen molar-refractivity contribution in [2.45, 2.75) is 39.8 Å². The molecule has 0 bridgehead atoms. The summed E-state index contributed by atoms with van der Waals surface area (Å²) in [5.41, 5.74) is 0.544. The van der Waals surface area contributed by atoms with Crippen molar-refractivity contribution in [3.63, 3.8) is 0 Å². The Labute approximate surface area is 118 Å². The quantitative estimate of drug-likeness (QED) is 0.847. The fourth-order valence-corrected chi connectivity index (χ4v) is 1.52. The molecular weight excluding hydrogens is 262 g/mol. The molecule has 1 aromatic heterocycles. The zero-order valence-electron chi connectivity index (χ0n) is 12.5. The second kappa shape index (κ2) is 6.40. The first-order valence-corrected chi connectivity index (χ1v) is 6.32. The number of hydrogen-bond donors (Lipinski definition) is 1. The summed E-state index contributed by atoms with van der Waals surface area (Å²) in [6, 6.07) is 1.64. The number of nitrogens with zero attached hydrogens (tertiary/aromatic N) is 2. The Hall–Kier alpha value is -2.05. The molecule has 0 saturated carbocycles. The van der Waals surface area contributed by atoms with E-state index in [1.807, 2.05) is 6.92 Å². The average Bonchev–Trinajstić information content (AvgIpc) is 2.68. The van der Waals surface area contributed by atoms with Crippen LogP contribution in [0.2, 0.25) is 0 Å². The number of ether oxygens (including phenoxy) is 2. The van der Waals surface area contributed by atoms with E-state index < -0.39 is 17.7 Å². The minimum atomic E-state index is -0.524. The highest BCUT2D eigenvalue weighted by Crippen LogP contribution is 2.07. The second-order valence-corrected chi connectivity index (χ2v) is 5.31. The topological polar surface area (TPSA) is 82.5 Å². The number of hydrogen-bond acceptors (Lipinski definition) is 5. The number of carbonyl (C=O) groups is 2. The Morgan fingerprint density at radius 3 is 2.60 bits per heavy atom. The Kier molecular flexibility index (Phi) is 5.12. The van der Waals surface area contributed by atoms with Gasteiger partial charge in [-0.25, -0.2) is 9.59 Å². The van der Waals surface area contributed by atoms with Crippen LogP contribution in [0.3, 0.4) is 0 Å². The summed E-state index contributed by atoms with van der Waals surface area (Å²) in [4.78, 5) is 22.8. The lowest BCUT2D eigenvalue weighted by atomic mass is 10.2. The third-order valence-corrected chi connectivity index (χ3v) is 2.37. The van der Waals surface area contributed by atoms with E-state index in [4.69, 9.17) is 4.74 Å². The highest BCUT2D eigenvalue weighted by atomic mass is 16.6. The van der Waals surface area contributed by atoms with Crippen molar-refractivity contribution in [3.8, 4) is 0 Å². The van der Waals surface area contributed by atoms with Gasteiger partial charge in [0.2, 0.25) is 0 Å². The Morgan fingerprint density at radius 2 is 2.05 bits per heavy atom. The molecule has 1 amide bonds. The van der Waals surface area contributed by atoms with Gasteiger partial charge in [-0.2, -0.15) is 5.10 Å². The van der Waals surface area contributed by atoms with E-state index in [-0.39, 0.29) is 5.69 Å².